The van der Waals surface area contributed by atoms with E-state index in [-0.39, 0.29) is 10.4 Å². The Morgan fingerprint density at radius 1 is 1.24 bits per heavy atom. The van der Waals surface area contributed by atoms with E-state index in [9.17, 15) is 13.7 Å². The topological polar surface area (TPSA) is 109 Å². The van der Waals surface area contributed by atoms with Gasteiger partial charge in [0.15, 0.2) is 5.52 Å². The van der Waals surface area contributed by atoms with E-state index in [1.54, 1.807) is 12.1 Å². The first-order valence-electron chi connectivity index (χ1n) is 6.73. The molecule has 21 heavy (non-hydrogen) atoms. The molecule has 2 aromatic rings. The average Bonchev–Trinajstić information content (AvgIpc) is 2.96. The van der Waals surface area contributed by atoms with E-state index in [2.05, 4.69) is 25.7 Å². The molecule has 3 rings (SSSR count). The van der Waals surface area contributed by atoms with Gasteiger partial charge in [0.2, 0.25) is 10.0 Å². The first-order valence-corrected chi connectivity index (χ1v) is 8.21. The van der Waals surface area contributed by atoms with Crippen LogP contribution in [0.2, 0.25) is 0 Å². The van der Waals surface area contributed by atoms with Crippen LogP contribution in [-0.4, -0.2) is 24.3 Å². The summed E-state index contributed by atoms with van der Waals surface area (Å²) in [5.41, 5.74) is -0.488. The van der Waals surface area contributed by atoms with E-state index in [0.29, 0.717) is 18.4 Å². The second-order valence-electron chi connectivity index (χ2n) is 5.25. The summed E-state index contributed by atoms with van der Waals surface area (Å²) in [6.07, 6.45) is 3.75. The van der Waals surface area contributed by atoms with Gasteiger partial charge in [0.25, 0.3) is 0 Å². The van der Waals surface area contributed by atoms with Gasteiger partial charge in [0, 0.05) is 0 Å². The number of rotatable bonds is 3. The van der Waals surface area contributed by atoms with Gasteiger partial charge in [-0.3, -0.25) is 0 Å². The summed E-state index contributed by atoms with van der Waals surface area (Å²) in [6.45, 7) is 0. The molecule has 1 aliphatic carbocycles. The SMILES string of the molecule is N#CC1(NS(=O)(=O)c2cccc3nonc23)CCCCC1. The van der Waals surface area contributed by atoms with Crippen LogP contribution < -0.4 is 4.72 Å². The molecule has 0 spiro atoms. The third-order valence-electron chi connectivity index (χ3n) is 3.79. The van der Waals surface area contributed by atoms with Gasteiger partial charge in [0.1, 0.15) is 16.0 Å². The number of fused-ring (bicyclic) bond motifs is 1. The molecule has 0 saturated heterocycles. The van der Waals surface area contributed by atoms with Crippen molar-refractivity contribution in [2.45, 2.75) is 42.5 Å². The van der Waals surface area contributed by atoms with Gasteiger partial charge in [-0.15, -0.1) is 0 Å². The fourth-order valence-electron chi connectivity index (χ4n) is 2.70. The third kappa shape index (κ3) is 2.50. The highest BCUT2D eigenvalue weighted by atomic mass is 32.2. The summed E-state index contributed by atoms with van der Waals surface area (Å²) < 4.78 is 32.4. The molecule has 1 aromatic carbocycles. The van der Waals surface area contributed by atoms with E-state index >= 15 is 0 Å². The molecule has 0 unspecified atom stereocenters. The molecule has 0 bridgehead atoms. The van der Waals surface area contributed by atoms with Crippen LogP contribution in [0.1, 0.15) is 32.1 Å². The van der Waals surface area contributed by atoms with Crippen molar-refractivity contribution in [1.82, 2.24) is 15.0 Å². The lowest BCUT2D eigenvalue weighted by Crippen LogP contribution is -2.48. The smallest absolute Gasteiger partial charge is 0.243 e. The van der Waals surface area contributed by atoms with Crippen molar-refractivity contribution < 1.29 is 13.0 Å². The van der Waals surface area contributed by atoms with E-state index in [1.165, 1.54) is 6.07 Å². The Kier molecular flexibility index (Phi) is 3.39. The van der Waals surface area contributed by atoms with E-state index < -0.39 is 15.6 Å². The lowest BCUT2D eigenvalue weighted by Gasteiger charge is -2.31. The Morgan fingerprint density at radius 3 is 2.71 bits per heavy atom. The highest BCUT2D eigenvalue weighted by Gasteiger charge is 2.37. The first kappa shape index (κ1) is 14.0. The van der Waals surface area contributed by atoms with Crippen LogP contribution in [0.15, 0.2) is 27.7 Å². The first-order chi connectivity index (χ1) is 10.1. The molecule has 0 radical (unpaired) electrons. The molecule has 0 amide bonds. The molecular weight excluding hydrogens is 292 g/mol. The fraction of sp³-hybridized carbons (Fsp3) is 0.462. The standard InChI is InChI=1S/C13H14N4O3S/c14-9-13(7-2-1-3-8-13)17-21(18,19)11-6-4-5-10-12(11)16-20-15-10/h4-6,17H,1-3,7-8H2. The van der Waals surface area contributed by atoms with Gasteiger partial charge >= 0.3 is 0 Å². The molecule has 0 atom stereocenters. The molecule has 1 saturated carbocycles. The highest BCUT2D eigenvalue weighted by Crippen LogP contribution is 2.30. The maximum atomic E-state index is 12.6. The summed E-state index contributed by atoms with van der Waals surface area (Å²) in [7, 11) is -3.86. The quantitative estimate of drug-likeness (QED) is 0.924. The highest BCUT2D eigenvalue weighted by molar-refractivity contribution is 7.89. The van der Waals surface area contributed by atoms with Crippen molar-refractivity contribution in [1.29, 1.82) is 5.26 Å². The van der Waals surface area contributed by atoms with E-state index in [0.717, 1.165) is 19.3 Å². The lowest BCUT2D eigenvalue weighted by molar-refractivity contribution is 0.315. The molecule has 1 aromatic heterocycles. The molecule has 7 nitrogen and oxygen atoms in total. The van der Waals surface area contributed by atoms with Crippen molar-refractivity contribution in [3.8, 4) is 6.07 Å². The number of benzene rings is 1. The molecule has 1 N–H and O–H groups in total. The minimum Gasteiger partial charge on any atom is -0.243 e. The number of aromatic nitrogens is 2. The van der Waals surface area contributed by atoms with Gasteiger partial charge in [-0.25, -0.2) is 13.0 Å². The summed E-state index contributed by atoms with van der Waals surface area (Å²) in [4.78, 5) is -0.0125. The minimum atomic E-state index is -3.86. The predicted octanol–water partition coefficient (Wildman–Crippen LogP) is 1.73. The Balaban J connectivity index is 2.01. The third-order valence-corrected chi connectivity index (χ3v) is 5.36. The Hall–Kier alpha value is -1.98. The second kappa shape index (κ2) is 5.09. The molecular formula is C13H14N4O3S. The number of sulfonamides is 1. The van der Waals surface area contributed by atoms with Crippen LogP contribution in [-0.2, 0) is 10.0 Å². The zero-order chi connectivity index (χ0) is 14.9. The number of nitrogens with one attached hydrogen (secondary N) is 1. The Morgan fingerprint density at radius 2 is 2.00 bits per heavy atom. The number of nitrogens with zero attached hydrogens (tertiary/aromatic N) is 3. The fourth-order valence-corrected chi connectivity index (χ4v) is 4.23. The van der Waals surface area contributed by atoms with Crippen LogP contribution in [0.5, 0.6) is 0 Å². The van der Waals surface area contributed by atoms with Gasteiger partial charge in [0.05, 0.1) is 6.07 Å². The van der Waals surface area contributed by atoms with Gasteiger partial charge in [-0.1, -0.05) is 25.3 Å². The zero-order valence-corrected chi connectivity index (χ0v) is 12.1. The van der Waals surface area contributed by atoms with Gasteiger partial charge in [-0.05, 0) is 35.3 Å². The largest absolute Gasteiger partial charge is 0.244 e. The molecule has 1 fully saturated rings. The Labute approximate surface area is 122 Å². The van der Waals surface area contributed by atoms with E-state index in [1.807, 2.05) is 0 Å². The average molecular weight is 306 g/mol. The summed E-state index contributed by atoms with van der Waals surface area (Å²) in [5, 5.41) is 16.7. The maximum Gasteiger partial charge on any atom is 0.244 e. The van der Waals surface area contributed by atoms with Crippen molar-refractivity contribution >= 4 is 21.1 Å². The van der Waals surface area contributed by atoms with Gasteiger partial charge in [-0.2, -0.15) is 9.98 Å². The van der Waals surface area contributed by atoms with E-state index in [4.69, 9.17) is 0 Å². The minimum absolute atomic E-state index is 0.0125. The summed E-state index contributed by atoms with van der Waals surface area (Å²) in [6, 6.07) is 6.76. The summed E-state index contributed by atoms with van der Waals surface area (Å²) in [5.74, 6) is 0. The van der Waals surface area contributed by atoms with Crippen LogP contribution in [0, 0.1) is 11.3 Å². The van der Waals surface area contributed by atoms with Crippen LogP contribution >= 0.6 is 0 Å². The van der Waals surface area contributed by atoms with Crippen LogP contribution in [0.4, 0.5) is 0 Å². The number of hydrogen-bond acceptors (Lipinski definition) is 6. The zero-order valence-electron chi connectivity index (χ0n) is 11.2. The monoisotopic (exact) mass is 306 g/mol. The lowest BCUT2D eigenvalue weighted by atomic mass is 9.84. The maximum absolute atomic E-state index is 12.6. The molecule has 8 heteroatoms. The predicted molar refractivity (Wildman–Crippen MR) is 73.6 cm³/mol. The van der Waals surface area contributed by atoms with Crippen LogP contribution in [0.25, 0.3) is 11.0 Å². The second-order valence-corrected chi connectivity index (χ2v) is 6.90. The molecule has 1 aliphatic rings. The normalized spacial score (nSPS) is 18.4. The molecule has 0 aliphatic heterocycles. The summed E-state index contributed by atoms with van der Waals surface area (Å²) >= 11 is 0. The van der Waals surface area contributed by atoms with Gasteiger partial charge < -0.3 is 0 Å². The molecule has 110 valence electrons. The molecule has 1 heterocycles. The van der Waals surface area contributed by atoms with Crippen LogP contribution in [0.3, 0.4) is 0 Å². The van der Waals surface area contributed by atoms with Crippen molar-refractivity contribution in [3.63, 3.8) is 0 Å². The number of nitriles is 1. The Bertz CT molecular complexity index is 800. The number of hydrogen-bond donors (Lipinski definition) is 1. The van der Waals surface area contributed by atoms with Crippen molar-refractivity contribution in [3.05, 3.63) is 18.2 Å². The van der Waals surface area contributed by atoms with Crippen molar-refractivity contribution in [2.75, 3.05) is 0 Å². The van der Waals surface area contributed by atoms with Crippen molar-refractivity contribution in [2.24, 2.45) is 0 Å².